The molecule has 2 nitrogen and oxygen atoms in total. The van der Waals surface area contributed by atoms with Crippen molar-refractivity contribution in [3.8, 4) is 5.75 Å². The Balaban J connectivity index is 2.01. The molecule has 0 radical (unpaired) electrons. The Morgan fingerprint density at radius 2 is 1.78 bits per heavy atom. The molecule has 0 aliphatic rings. The van der Waals surface area contributed by atoms with Crippen molar-refractivity contribution >= 4 is 11.8 Å². The van der Waals surface area contributed by atoms with Crippen LogP contribution >= 0.6 is 11.8 Å². The second-order valence-corrected chi connectivity index (χ2v) is 7.20. The zero-order valence-electron chi connectivity index (χ0n) is 14.6. The van der Waals surface area contributed by atoms with E-state index in [1.54, 1.807) is 7.11 Å². The molecule has 0 aromatic heterocycles. The van der Waals surface area contributed by atoms with E-state index in [0.29, 0.717) is 0 Å². The van der Waals surface area contributed by atoms with Gasteiger partial charge in [0, 0.05) is 16.2 Å². The number of hydrogen-bond acceptors (Lipinski definition) is 3. The van der Waals surface area contributed by atoms with Crippen LogP contribution in [-0.2, 0) is 12.2 Å². The van der Waals surface area contributed by atoms with Crippen LogP contribution in [0.5, 0.6) is 5.75 Å². The van der Waals surface area contributed by atoms with E-state index in [9.17, 15) is 0 Å². The van der Waals surface area contributed by atoms with Crippen LogP contribution in [-0.4, -0.2) is 32.6 Å². The number of aryl methyl sites for hydroxylation is 2. The number of hydrogen-bond donors (Lipinski definition) is 0. The summed E-state index contributed by atoms with van der Waals surface area (Å²) in [4.78, 5) is 3.54. The van der Waals surface area contributed by atoms with Crippen molar-refractivity contribution < 1.29 is 4.74 Å². The molecule has 0 aliphatic heterocycles. The minimum Gasteiger partial charge on any atom is -0.496 e. The standard InChI is InChI=1S/C20H27NOS/c1-16-7-10-19(11-8-16)23-15-18-14-17(6-5-13-21(2)3)9-12-20(18)22-4/h7-12,14H,5-6,13,15H2,1-4H3. The third-order valence-electron chi connectivity index (χ3n) is 3.83. The Kier molecular flexibility index (Phi) is 7.00. The van der Waals surface area contributed by atoms with Gasteiger partial charge in [-0.25, -0.2) is 0 Å². The lowest BCUT2D eigenvalue weighted by atomic mass is 10.1. The Bertz CT molecular complexity index is 608. The fraction of sp³-hybridized carbons (Fsp3) is 0.400. The van der Waals surface area contributed by atoms with Gasteiger partial charge in [0.05, 0.1) is 7.11 Å². The number of benzene rings is 2. The molecule has 0 fully saturated rings. The first-order chi connectivity index (χ1) is 11.1. The van der Waals surface area contributed by atoms with Crippen LogP contribution in [0.3, 0.4) is 0 Å². The number of methoxy groups -OCH3 is 1. The molecule has 0 unspecified atom stereocenters. The van der Waals surface area contributed by atoms with E-state index in [4.69, 9.17) is 4.74 Å². The van der Waals surface area contributed by atoms with Crippen molar-refractivity contribution in [2.75, 3.05) is 27.7 Å². The highest BCUT2D eigenvalue weighted by Crippen LogP contribution is 2.29. The van der Waals surface area contributed by atoms with E-state index in [1.807, 2.05) is 11.8 Å². The molecule has 0 saturated carbocycles. The Morgan fingerprint density at radius 1 is 1.04 bits per heavy atom. The smallest absolute Gasteiger partial charge is 0.122 e. The summed E-state index contributed by atoms with van der Waals surface area (Å²) in [6.45, 7) is 3.24. The van der Waals surface area contributed by atoms with Crippen LogP contribution in [0.4, 0.5) is 0 Å². The Labute approximate surface area is 144 Å². The van der Waals surface area contributed by atoms with E-state index < -0.39 is 0 Å². The predicted molar refractivity (Wildman–Crippen MR) is 101 cm³/mol. The molecule has 124 valence electrons. The average molecular weight is 330 g/mol. The Hall–Kier alpha value is -1.45. The molecule has 0 atom stereocenters. The molecule has 23 heavy (non-hydrogen) atoms. The zero-order valence-corrected chi connectivity index (χ0v) is 15.5. The van der Waals surface area contributed by atoms with Crippen LogP contribution in [0.2, 0.25) is 0 Å². The molecule has 0 bridgehead atoms. The summed E-state index contributed by atoms with van der Waals surface area (Å²) in [5.41, 5.74) is 3.97. The monoisotopic (exact) mass is 329 g/mol. The summed E-state index contributed by atoms with van der Waals surface area (Å²) in [5.74, 6) is 1.93. The van der Waals surface area contributed by atoms with Crippen molar-refractivity contribution in [3.63, 3.8) is 0 Å². The van der Waals surface area contributed by atoms with Gasteiger partial charge in [-0.15, -0.1) is 11.8 Å². The normalized spacial score (nSPS) is 11.0. The van der Waals surface area contributed by atoms with E-state index in [1.165, 1.54) is 28.0 Å². The number of nitrogens with zero attached hydrogens (tertiary/aromatic N) is 1. The van der Waals surface area contributed by atoms with Gasteiger partial charge in [-0.3, -0.25) is 0 Å². The molecular weight excluding hydrogens is 302 g/mol. The maximum atomic E-state index is 5.53. The number of rotatable bonds is 8. The van der Waals surface area contributed by atoms with Crippen molar-refractivity contribution in [1.29, 1.82) is 0 Å². The lowest BCUT2D eigenvalue weighted by Crippen LogP contribution is -2.13. The number of ether oxygens (including phenoxy) is 1. The topological polar surface area (TPSA) is 12.5 Å². The highest BCUT2D eigenvalue weighted by Gasteiger charge is 2.06. The van der Waals surface area contributed by atoms with Gasteiger partial charge in [0.1, 0.15) is 5.75 Å². The molecule has 2 aromatic carbocycles. The summed E-state index contributed by atoms with van der Waals surface area (Å²) in [6, 6.07) is 15.3. The molecule has 0 aliphatic carbocycles. The largest absolute Gasteiger partial charge is 0.496 e. The van der Waals surface area contributed by atoms with Crippen LogP contribution in [0.15, 0.2) is 47.4 Å². The summed E-state index contributed by atoms with van der Waals surface area (Å²) in [7, 11) is 6.00. The average Bonchev–Trinajstić information content (AvgIpc) is 2.54. The first-order valence-electron chi connectivity index (χ1n) is 8.08. The first kappa shape index (κ1) is 17.9. The quantitative estimate of drug-likeness (QED) is 0.646. The van der Waals surface area contributed by atoms with Crippen molar-refractivity contribution in [1.82, 2.24) is 4.90 Å². The second-order valence-electron chi connectivity index (χ2n) is 6.15. The lowest BCUT2D eigenvalue weighted by Gasteiger charge is -2.12. The van der Waals surface area contributed by atoms with E-state index in [-0.39, 0.29) is 0 Å². The summed E-state index contributed by atoms with van der Waals surface area (Å²) in [6.07, 6.45) is 2.30. The zero-order chi connectivity index (χ0) is 16.7. The first-order valence-corrected chi connectivity index (χ1v) is 9.07. The van der Waals surface area contributed by atoms with E-state index in [0.717, 1.165) is 24.5 Å². The maximum Gasteiger partial charge on any atom is 0.122 e. The van der Waals surface area contributed by atoms with Crippen molar-refractivity contribution in [2.24, 2.45) is 0 Å². The van der Waals surface area contributed by atoms with Crippen LogP contribution in [0.25, 0.3) is 0 Å². The third kappa shape index (κ3) is 5.92. The fourth-order valence-electron chi connectivity index (χ4n) is 2.50. The molecule has 0 spiro atoms. The van der Waals surface area contributed by atoms with Crippen molar-refractivity contribution in [2.45, 2.75) is 30.4 Å². The molecule has 2 aromatic rings. The molecule has 0 N–H and O–H groups in total. The SMILES string of the molecule is COc1ccc(CCCN(C)C)cc1CSc1ccc(C)cc1. The lowest BCUT2D eigenvalue weighted by molar-refractivity contribution is 0.399. The third-order valence-corrected chi connectivity index (χ3v) is 4.89. The van der Waals surface area contributed by atoms with E-state index >= 15 is 0 Å². The van der Waals surface area contributed by atoms with Crippen molar-refractivity contribution in [3.05, 3.63) is 59.2 Å². The fourth-order valence-corrected chi connectivity index (χ4v) is 3.37. The van der Waals surface area contributed by atoms with Gasteiger partial charge in [0.15, 0.2) is 0 Å². The summed E-state index contributed by atoms with van der Waals surface area (Å²) in [5, 5.41) is 0. The van der Waals surface area contributed by atoms with Gasteiger partial charge >= 0.3 is 0 Å². The highest BCUT2D eigenvalue weighted by molar-refractivity contribution is 7.98. The Morgan fingerprint density at radius 3 is 2.43 bits per heavy atom. The minimum absolute atomic E-state index is 0.938. The van der Waals surface area contributed by atoms with Gasteiger partial charge in [0.2, 0.25) is 0 Å². The molecule has 3 heteroatoms. The number of thioether (sulfide) groups is 1. The second kappa shape index (κ2) is 8.99. The molecule has 0 saturated heterocycles. The maximum absolute atomic E-state index is 5.53. The van der Waals surface area contributed by atoms with Crippen LogP contribution in [0.1, 0.15) is 23.1 Å². The minimum atomic E-state index is 0.938. The molecule has 2 rings (SSSR count). The molecule has 0 heterocycles. The summed E-state index contributed by atoms with van der Waals surface area (Å²) >= 11 is 1.86. The van der Waals surface area contributed by atoms with Gasteiger partial charge in [-0.1, -0.05) is 29.8 Å². The van der Waals surface area contributed by atoms with Crippen LogP contribution < -0.4 is 4.74 Å². The summed E-state index contributed by atoms with van der Waals surface area (Å²) < 4.78 is 5.53. The molecular formula is C20H27NOS. The predicted octanol–water partition coefficient (Wildman–Crippen LogP) is 4.79. The van der Waals surface area contributed by atoms with Crippen LogP contribution in [0, 0.1) is 6.92 Å². The highest BCUT2D eigenvalue weighted by atomic mass is 32.2. The van der Waals surface area contributed by atoms with E-state index in [2.05, 4.69) is 68.4 Å². The van der Waals surface area contributed by atoms with Gasteiger partial charge in [0.25, 0.3) is 0 Å². The van der Waals surface area contributed by atoms with Gasteiger partial charge < -0.3 is 9.64 Å². The van der Waals surface area contributed by atoms with Gasteiger partial charge in [-0.2, -0.15) is 0 Å². The van der Waals surface area contributed by atoms with Gasteiger partial charge in [-0.05, 0) is 64.2 Å². The molecule has 0 amide bonds.